The number of carbonyl (C=O) groups is 2. The maximum Gasteiger partial charge on any atom is 0.274 e. The summed E-state index contributed by atoms with van der Waals surface area (Å²) in [6.07, 6.45) is 0.169. The Morgan fingerprint density at radius 2 is 1.81 bits per heavy atom. The van der Waals surface area contributed by atoms with Crippen molar-refractivity contribution >= 4 is 28.3 Å². The standard InChI is InChI=1S/C23H24N4O4/c1-31-12-11-27-23(30)19-10-6-5-9-18(19)20(25-27)14-24-22(29)16-13-21(28)26(15-16)17-7-3-2-4-8-17/h2-10,16H,11-15H2,1H3,(H,24,29). The van der Waals surface area contributed by atoms with E-state index in [4.69, 9.17) is 4.74 Å². The third kappa shape index (κ3) is 4.34. The molecule has 0 saturated carbocycles. The van der Waals surface area contributed by atoms with Crippen molar-refractivity contribution in [3.05, 3.63) is 70.6 Å². The van der Waals surface area contributed by atoms with Crippen molar-refractivity contribution in [1.29, 1.82) is 0 Å². The third-order valence-corrected chi connectivity index (χ3v) is 5.45. The molecule has 31 heavy (non-hydrogen) atoms. The molecule has 0 spiro atoms. The van der Waals surface area contributed by atoms with Gasteiger partial charge in [0.25, 0.3) is 5.56 Å². The number of amides is 2. The number of carbonyl (C=O) groups excluding carboxylic acids is 2. The van der Waals surface area contributed by atoms with Gasteiger partial charge in [-0.05, 0) is 18.2 Å². The number of nitrogens with zero attached hydrogens (tertiary/aromatic N) is 3. The first-order chi connectivity index (χ1) is 15.1. The van der Waals surface area contributed by atoms with Crippen molar-refractivity contribution in [3.63, 3.8) is 0 Å². The third-order valence-electron chi connectivity index (χ3n) is 5.45. The first kappa shape index (κ1) is 20.7. The van der Waals surface area contributed by atoms with E-state index in [2.05, 4.69) is 10.4 Å². The number of rotatable bonds is 7. The van der Waals surface area contributed by atoms with Crippen LogP contribution in [0.15, 0.2) is 59.4 Å². The summed E-state index contributed by atoms with van der Waals surface area (Å²) in [5, 5.41) is 8.60. The van der Waals surface area contributed by atoms with Gasteiger partial charge in [-0.25, -0.2) is 4.68 Å². The number of ether oxygens (including phenoxy) is 1. The van der Waals surface area contributed by atoms with Crippen molar-refractivity contribution in [2.45, 2.75) is 19.5 Å². The summed E-state index contributed by atoms with van der Waals surface area (Å²) in [4.78, 5) is 39.5. The molecule has 1 aliphatic rings. The van der Waals surface area contributed by atoms with E-state index in [9.17, 15) is 14.4 Å². The number of para-hydroxylation sites is 1. The topological polar surface area (TPSA) is 93.5 Å². The Labute approximate surface area is 179 Å². The minimum Gasteiger partial charge on any atom is -0.383 e. The summed E-state index contributed by atoms with van der Waals surface area (Å²) in [7, 11) is 1.56. The highest BCUT2D eigenvalue weighted by molar-refractivity contribution is 6.00. The molecule has 0 aliphatic carbocycles. The summed E-state index contributed by atoms with van der Waals surface area (Å²) in [6, 6.07) is 16.5. The quantitative estimate of drug-likeness (QED) is 0.628. The second-order valence-electron chi connectivity index (χ2n) is 7.47. The van der Waals surface area contributed by atoms with Crippen molar-refractivity contribution in [1.82, 2.24) is 15.1 Å². The molecule has 4 rings (SSSR count). The molecule has 2 amide bonds. The molecule has 1 aliphatic heterocycles. The van der Waals surface area contributed by atoms with Crippen molar-refractivity contribution in [2.75, 3.05) is 25.2 Å². The zero-order valence-electron chi connectivity index (χ0n) is 17.3. The Balaban J connectivity index is 1.50. The number of fused-ring (bicyclic) bond motifs is 1. The molecule has 2 aromatic carbocycles. The smallest absolute Gasteiger partial charge is 0.274 e. The van der Waals surface area contributed by atoms with Gasteiger partial charge in [0.15, 0.2) is 0 Å². The lowest BCUT2D eigenvalue weighted by Gasteiger charge is -2.16. The van der Waals surface area contributed by atoms with Crippen LogP contribution < -0.4 is 15.8 Å². The van der Waals surface area contributed by atoms with E-state index in [1.165, 1.54) is 4.68 Å². The summed E-state index contributed by atoms with van der Waals surface area (Å²) >= 11 is 0. The van der Waals surface area contributed by atoms with E-state index in [0.717, 1.165) is 5.69 Å². The lowest BCUT2D eigenvalue weighted by molar-refractivity contribution is -0.126. The van der Waals surface area contributed by atoms with Gasteiger partial charge >= 0.3 is 0 Å². The molecule has 8 nitrogen and oxygen atoms in total. The van der Waals surface area contributed by atoms with Gasteiger partial charge in [-0.1, -0.05) is 36.4 Å². The fourth-order valence-electron chi connectivity index (χ4n) is 3.82. The van der Waals surface area contributed by atoms with Crippen LogP contribution >= 0.6 is 0 Å². The van der Waals surface area contributed by atoms with Crippen LogP contribution in [0.25, 0.3) is 10.8 Å². The molecule has 1 N–H and O–H groups in total. The average Bonchev–Trinajstić information content (AvgIpc) is 3.20. The molecule has 1 aromatic heterocycles. The average molecular weight is 420 g/mol. The molecule has 1 saturated heterocycles. The number of methoxy groups -OCH3 is 1. The molecule has 1 atom stereocenters. The predicted octanol–water partition coefficient (Wildman–Crippen LogP) is 1.71. The van der Waals surface area contributed by atoms with Gasteiger partial charge in [0.05, 0.1) is 36.7 Å². The number of hydrogen-bond donors (Lipinski definition) is 1. The zero-order valence-corrected chi connectivity index (χ0v) is 17.3. The normalized spacial score (nSPS) is 16.1. The second-order valence-corrected chi connectivity index (χ2v) is 7.47. The predicted molar refractivity (Wildman–Crippen MR) is 117 cm³/mol. The lowest BCUT2D eigenvalue weighted by atomic mass is 10.1. The summed E-state index contributed by atoms with van der Waals surface area (Å²) in [6.45, 7) is 1.19. The van der Waals surface area contributed by atoms with Crippen LogP contribution in [0.5, 0.6) is 0 Å². The Hall–Kier alpha value is -3.52. The van der Waals surface area contributed by atoms with Gasteiger partial charge in [-0.2, -0.15) is 5.10 Å². The second kappa shape index (κ2) is 9.09. The maximum absolute atomic E-state index is 12.8. The number of hydrogen-bond acceptors (Lipinski definition) is 5. The summed E-state index contributed by atoms with van der Waals surface area (Å²) in [5.41, 5.74) is 1.20. The first-order valence-corrected chi connectivity index (χ1v) is 10.2. The van der Waals surface area contributed by atoms with Gasteiger partial charge in [0.1, 0.15) is 0 Å². The van der Waals surface area contributed by atoms with E-state index in [1.54, 1.807) is 24.1 Å². The van der Waals surface area contributed by atoms with E-state index in [-0.39, 0.29) is 30.3 Å². The van der Waals surface area contributed by atoms with Crippen LogP contribution in [-0.4, -0.2) is 41.9 Å². The Morgan fingerprint density at radius 1 is 1.10 bits per heavy atom. The molecule has 2 heterocycles. The highest BCUT2D eigenvalue weighted by Crippen LogP contribution is 2.25. The summed E-state index contributed by atoms with van der Waals surface area (Å²) < 4.78 is 6.43. The van der Waals surface area contributed by atoms with Crippen LogP contribution in [0.3, 0.4) is 0 Å². The molecule has 1 fully saturated rings. The van der Waals surface area contributed by atoms with Crippen molar-refractivity contribution < 1.29 is 14.3 Å². The molecule has 0 radical (unpaired) electrons. The highest BCUT2D eigenvalue weighted by Gasteiger charge is 2.35. The van der Waals surface area contributed by atoms with Crippen molar-refractivity contribution in [3.8, 4) is 0 Å². The minimum absolute atomic E-state index is 0.0666. The summed E-state index contributed by atoms with van der Waals surface area (Å²) in [5.74, 6) is -0.700. The first-order valence-electron chi connectivity index (χ1n) is 10.2. The number of nitrogens with one attached hydrogen (secondary N) is 1. The lowest BCUT2D eigenvalue weighted by Crippen LogP contribution is -2.34. The monoisotopic (exact) mass is 420 g/mol. The van der Waals surface area contributed by atoms with Crippen LogP contribution in [0.1, 0.15) is 12.1 Å². The van der Waals surface area contributed by atoms with Gasteiger partial charge in [-0.3, -0.25) is 14.4 Å². The fraction of sp³-hybridized carbons (Fsp3) is 0.304. The van der Waals surface area contributed by atoms with Gasteiger partial charge in [0, 0.05) is 31.1 Å². The van der Waals surface area contributed by atoms with E-state index < -0.39 is 5.92 Å². The van der Waals surface area contributed by atoms with E-state index in [1.807, 2.05) is 42.5 Å². The highest BCUT2D eigenvalue weighted by atomic mass is 16.5. The van der Waals surface area contributed by atoms with Crippen LogP contribution in [-0.2, 0) is 27.4 Å². The number of benzene rings is 2. The number of aromatic nitrogens is 2. The molecule has 8 heteroatoms. The fourth-order valence-corrected chi connectivity index (χ4v) is 3.82. The van der Waals surface area contributed by atoms with Crippen LogP contribution in [0.4, 0.5) is 5.69 Å². The largest absolute Gasteiger partial charge is 0.383 e. The van der Waals surface area contributed by atoms with E-state index in [0.29, 0.717) is 36.2 Å². The molecular formula is C23H24N4O4. The molecule has 160 valence electrons. The van der Waals surface area contributed by atoms with Crippen molar-refractivity contribution in [2.24, 2.45) is 5.92 Å². The van der Waals surface area contributed by atoms with Crippen LogP contribution in [0.2, 0.25) is 0 Å². The van der Waals surface area contributed by atoms with Gasteiger partial charge in [-0.15, -0.1) is 0 Å². The molecule has 0 bridgehead atoms. The van der Waals surface area contributed by atoms with E-state index >= 15 is 0 Å². The maximum atomic E-state index is 12.8. The Bertz CT molecular complexity index is 1160. The Kier molecular flexibility index (Phi) is 6.08. The molecular weight excluding hydrogens is 396 g/mol. The minimum atomic E-state index is -0.432. The molecule has 1 unspecified atom stereocenters. The SMILES string of the molecule is COCCn1nc(CNC(=O)C2CC(=O)N(c3ccccc3)C2)c2ccccc2c1=O. The zero-order chi connectivity index (χ0) is 21.8. The van der Waals surface area contributed by atoms with Crippen LogP contribution in [0, 0.1) is 5.92 Å². The molecule has 3 aromatic rings. The van der Waals surface area contributed by atoms with Gasteiger partial charge < -0.3 is 15.0 Å². The van der Waals surface area contributed by atoms with Gasteiger partial charge in [0.2, 0.25) is 11.8 Å². The Morgan fingerprint density at radius 3 is 2.55 bits per heavy atom. The number of anilines is 1.